The highest BCUT2D eigenvalue weighted by molar-refractivity contribution is 5.76. The topological polar surface area (TPSA) is 52.6 Å². The lowest BCUT2D eigenvalue weighted by atomic mass is 9.80. The Balaban J connectivity index is 1.60. The normalized spacial score (nSPS) is 23.8. The van der Waals surface area contributed by atoms with Gasteiger partial charge in [0, 0.05) is 5.92 Å². The smallest absolute Gasteiger partial charge is 0.311 e. The van der Waals surface area contributed by atoms with Crippen LogP contribution in [0.4, 0.5) is 0 Å². The molecule has 2 rings (SSSR count). The quantitative estimate of drug-likeness (QED) is 0.115. The van der Waals surface area contributed by atoms with E-state index in [0.717, 1.165) is 51.4 Å². The number of hydrogen-bond donors (Lipinski definition) is 0. The van der Waals surface area contributed by atoms with Gasteiger partial charge in [0.05, 0.1) is 17.4 Å². The predicted octanol–water partition coefficient (Wildman–Crippen LogP) is 9.82. The summed E-state index contributed by atoms with van der Waals surface area (Å²) in [5.74, 6) is 1.13. The third-order valence-corrected chi connectivity index (χ3v) is 10.4. The maximum absolute atomic E-state index is 13.1. The highest BCUT2D eigenvalue weighted by Crippen LogP contribution is 2.58. The first-order valence-corrected chi connectivity index (χ1v) is 16.4. The van der Waals surface area contributed by atoms with E-state index in [1.807, 2.05) is 20.8 Å². The number of hydrogen-bond acceptors (Lipinski definition) is 4. The lowest BCUT2D eigenvalue weighted by Gasteiger charge is -2.30. The Hall–Kier alpha value is -1.06. The molecule has 2 aliphatic carbocycles. The van der Waals surface area contributed by atoms with Crippen LogP contribution >= 0.6 is 0 Å². The van der Waals surface area contributed by atoms with E-state index in [9.17, 15) is 9.59 Å². The number of unbranched alkanes of at least 4 members (excludes halogenated alkanes) is 10. The zero-order valence-corrected chi connectivity index (χ0v) is 26.3. The van der Waals surface area contributed by atoms with Crippen LogP contribution in [0.3, 0.4) is 0 Å². The Labute approximate surface area is 235 Å². The highest BCUT2D eigenvalue weighted by Gasteiger charge is 2.55. The molecule has 2 bridgehead atoms. The van der Waals surface area contributed by atoms with Crippen LogP contribution in [0.2, 0.25) is 0 Å². The maximum Gasteiger partial charge on any atom is 0.311 e. The predicted molar refractivity (Wildman–Crippen MR) is 158 cm³/mol. The fourth-order valence-corrected chi connectivity index (χ4v) is 6.92. The third-order valence-electron chi connectivity index (χ3n) is 10.4. The molecule has 4 unspecified atom stereocenters. The minimum absolute atomic E-state index is 0.0417. The molecule has 0 aromatic heterocycles. The molecule has 222 valence electrons. The van der Waals surface area contributed by atoms with Gasteiger partial charge in [0.2, 0.25) is 0 Å². The van der Waals surface area contributed by atoms with Crippen molar-refractivity contribution in [1.82, 2.24) is 0 Å². The second-order valence-corrected chi connectivity index (χ2v) is 14.2. The standard InChI is InChI=1S/C34H62O4/c1-8-10-11-12-13-14-15-16-17-20-25-37-31(36)34(7,9-2)24-19-18-23-32(3,4)30(35)38-29-26-27-21-22-28(29)33(27,5)6/h27-29H,8-26H2,1-7H3. The molecule has 0 N–H and O–H groups in total. The molecule has 4 nitrogen and oxygen atoms in total. The monoisotopic (exact) mass is 534 g/mol. The molecular weight excluding hydrogens is 472 g/mol. The Bertz CT molecular complexity index is 711. The maximum atomic E-state index is 13.1. The molecule has 0 heterocycles. The van der Waals surface area contributed by atoms with Crippen LogP contribution in [0.25, 0.3) is 0 Å². The van der Waals surface area contributed by atoms with Gasteiger partial charge in [-0.2, -0.15) is 0 Å². The van der Waals surface area contributed by atoms with Crippen molar-refractivity contribution in [3.63, 3.8) is 0 Å². The van der Waals surface area contributed by atoms with Gasteiger partial charge in [-0.05, 0) is 77.0 Å². The largest absolute Gasteiger partial charge is 0.465 e. The van der Waals surface area contributed by atoms with Gasteiger partial charge >= 0.3 is 11.9 Å². The summed E-state index contributed by atoms with van der Waals surface area (Å²) < 4.78 is 11.8. The zero-order valence-electron chi connectivity index (χ0n) is 26.3. The van der Waals surface area contributed by atoms with E-state index in [4.69, 9.17) is 9.47 Å². The van der Waals surface area contributed by atoms with Crippen molar-refractivity contribution in [2.24, 2.45) is 28.1 Å². The van der Waals surface area contributed by atoms with Gasteiger partial charge in [-0.15, -0.1) is 0 Å². The molecule has 4 atom stereocenters. The van der Waals surface area contributed by atoms with E-state index >= 15 is 0 Å². The first kappa shape index (κ1) is 33.1. The van der Waals surface area contributed by atoms with Crippen LogP contribution in [-0.4, -0.2) is 24.6 Å². The van der Waals surface area contributed by atoms with Crippen LogP contribution in [0.1, 0.15) is 164 Å². The minimum Gasteiger partial charge on any atom is -0.465 e. The molecule has 4 heteroatoms. The van der Waals surface area contributed by atoms with Crippen LogP contribution in [0, 0.1) is 28.1 Å². The molecule has 0 saturated heterocycles. The van der Waals surface area contributed by atoms with Crippen molar-refractivity contribution in [2.75, 3.05) is 6.61 Å². The Morgan fingerprint density at radius 2 is 1.34 bits per heavy atom. The number of carbonyl (C=O) groups is 2. The Morgan fingerprint density at radius 3 is 1.87 bits per heavy atom. The summed E-state index contributed by atoms with van der Waals surface area (Å²) in [5.41, 5.74) is -0.607. The molecule has 2 aliphatic rings. The van der Waals surface area contributed by atoms with E-state index in [1.54, 1.807) is 0 Å². The molecule has 0 radical (unpaired) electrons. The van der Waals surface area contributed by atoms with E-state index in [-0.39, 0.29) is 18.0 Å². The molecule has 0 aromatic rings. The molecule has 0 spiro atoms. The van der Waals surface area contributed by atoms with Crippen LogP contribution in [0.5, 0.6) is 0 Å². The van der Waals surface area contributed by atoms with E-state index in [1.165, 1.54) is 64.2 Å². The van der Waals surface area contributed by atoms with Gasteiger partial charge in [-0.1, -0.05) is 98.3 Å². The first-order chi connectivity index (χ1) is 18.0. The van der Waals surface area contributed by atoms with Gasteiger partial charge in [-0.25, -0.2) is 0 Å². The van der Waals surface area contributed by atoms with E-state index < -0.39 is 10.8 Å². The van der Waals surface area contributed by atoms with Gasteiger partial charge in [0.25, 0.3) is 0 Å². The second-order valence-electron chi connectivity index (χ2n) is 14.2. The number of fused-ring (bicyclic) bond motifs is 2. The molecule has 0 aromatic carbocycles. The van der Waals surface area contributed by atoms with Gasteiger partial charge < -0.3 is 9.47 Å². The number of esters is 2. The average molecular weight is 535 g/mol. The van der Waals surface area contributed by atoms with Crippen molar-refractivity contribution in [3.8, 4) is 0 Å². The fourth-order valence-electron chi connectivity index (χ4n) is 6.92. The van der Waals surface area contributed by atoms with Crippen molar-refractivity contribution >= 4 is 11.9 Å². The van der Waals surface area contributed by atoms with Crippen LogP contribution in [0.15, 0.2) is 0 Å². The summed E-state index contributed by atoms with van der Waals surface area (Å²) in [6, 6.07) is 0. The Kier molecular flexibility index (Phi) is 13.7. The Morgan fingerprint density at radius 1 is 0.763 bits per heavy atom. The molecule has 0 amide bonds. The molecule has 38 heavy (non-hydrogen) atoms. The van der Waals surface area contributed by atoms with E-state index in [2.05, 4.69) is 27.7 Å². The molecule has 2 fully saturated rings. The number of ether oxygens (including phenoxy) is 2. The summed E-state index contributed by atoms with van der Waals surface area (Å²) in [5, 5.41) is 0. The first-order valence-electron chi connectivity index (χ1n) is 16.4. The SMILES string of the molecule is CCCCCCCCCCCCOC(=O)C(C)(CC)CCCCC(C)(C)C(=O)OC1CC2CCC1C2(C)C. The van der Waals surface area contributed by atoms with Crippen LogP contribution < -0.4 is 0 Å². The summed E-state index contributed by atoms with van der Waals surface area (Å²) in [4.78, 5) is 25.9. The molecular formula is C34H62O4. The average Bonchev–Trinajstić information content (AvgIpc) is 3.30. The van der Waals surface area contributed by atoms with E-state index in [0.29, 0.717) is 23.9 Å². The third kappa shape index (κ3) is 9.54. The van der Waals surface area contributed by atoms with Gasteiger partial charge in [-0.3, -0.25) is 9.59 Å². The summed E-state index contributed by atoms with van der Waals surface area (Å²) >= 11 is 0. The van der Waals surface area contributed by atoms with Crippen molar-refractivity contribution in [3.05, 3.63) is 0 Å². The van der Waals surface area contributed by atoms with Gasteiger partial charge in [0.15, 0.2) is 0 Å². The minimum atomic E-state index is -0.482. The molecule has 2 saturated carbocycles. The summed E-state index contributed by atoms with van der Waals surface area (Å²) in [7, 11) is 0. The summed E-state index contributed by atoms with van der Waals surface area (Å²) in [6.45, 7) is 15.7. The lowest BCUT2D eigenvalue weighted by Crippen LogP contribution is -2.34. The van der Waals surface area contributed by atoms with Crippen molar-refractivity contribution in [1.29, 1.82) is 0 Å². The number of carbonyl (C=O) groups excluding carboxylic acids is 2. The second kappa shape index (κ2) is 15.7. The zero-order chi connectivity index (χ0) is 28.2. The van der Waals surface area contributed by atoms with Gasteiger partial charge in [0.1, 0.15) is 6.10 Å². The molecule has 0 aliphatic heterocycles. The highest BCUT2D eigenvalue weighted by atomic mass is 16.5. The van der Waals surface area contributed by atoms with Crippen LogP contribution in [-0.2, 0) is 19.1 Å². The van der Waals surface area contributed by atoms with Crippen molar-refractivity contribution < 1.29 is 19.1 Å². The fraction of sp³-hybridized carbons (Fsp3) is 0.941. The lowest BCUT2D eigenvalue weighted by molar-refractivity contribution is -0.163. The van der Waals surface area contributed by atoms with Crippen molar-refractivity contribution in [2.45, 2.75) is 170 Å². The summed E-state index contributed by atoms with van der Waals surface area (Å²) in [6.07, 6.45) is 20.7. The number of rotatable bonds is 20.